The summed E-state index contributed by atoms with van der Waals surface area (Å²) < 4.78 is 14.2. The van der Waals surface area contributed by atoms with Crippen LogP contribution in [-0.4, -0.2) is 19.8 Å². The van der Waals surface area contributed by atoms with Crippen LogP contribution >= 0.6 is 0 Å². The maximum absolute atomic E-state index is 13.2. The minimum atomic E-state index is -0.791. The van der Waals surface area contributed by atoms with Crippen molar-refractivity contribution in [2.75, 3.05) is 5.73 Å². The molecule has 0 saturated heterocycles. The Kier molecular flexibility index (Phi) is 1.36. The van der Waals surface area contributed by atoms with Crippen LogP contribution in [0.2, 0.25) is 0 Å². The van der Waals surface area contributed by atoms with Gasteiger partial charge in [0.2, 0.25) is 5.69 Å². The molecule has 2 rings (SSSR count). The number of nitrogens with zero attached hydrogens (tertiary/aromatic N) is 5. The largest absolute Gasteiger partial charge is 0.382 e. The average Bonchev–Trinajstić information content (AvgIpc) is 2.44. The van der Waals surface area contributed by atoms with Crippen LogP contribution in [0.25, 0.3) is 5.52 Å². The lowest BCUT2D eigenvalue weighted by atomic mass is 10.4. The first kappa shape index (κ1) is 7.42. The molecule has 0 unspecified atom stereocenters. The minimum absolute atomic E-state index is 0.0403. The molecule has 0 atom stereocenters. The summed E-state index contributed by atoms with van der Waals surface area (Å²) in [6.45, 7) is 0. The molecule has 2 N–H and O–H groups in total. The van der Waals surface area contributed by atoms with Gasteiger partial charge in [0.05, 0.1) is 0 Å². The Morgan fingerprint density at radius 1 is 1.62 bits per heavy atom. The molecule has 0 fully saturated rings. The van der Waals surface area contributed by atoms with E-state index >= 15 is 0 Å². The van der Waals surface area contributed by atoms with E-state index in [-0.39, 0.29) is 17.0 Å². The number of nitriles is 1. The molecule has 2 aromatic rings. The Labute approximate surface area is 71.4 Å². The number of aromatic nitrogens is 4. The summed E-state index contributed by atoms with van der Waals surface area (Å²) in [7, 11) is 0. The standard InChI is InChI=1S/C6H3FN6/c7-4-3(1-8)12-13-5(4)6(9)10-2-11-13/h2H,(H2,9,10,11). The zero-order valence-corrected chi connectivity index (χ0v) is 6.27. The molecule has 7 heteroatoms. The fourth-order valence-electron chi connectivity index (χ4n) is 0.957. The van der Waals surface area contributed by atoms with Crippen molar-refractivity contribution < 1.29 is 4.39 Å². The normalized spacial score (nSPS) is 10.2. The molecule has 0 saturated carbocycles. The smallest absolute Gasteiger partial charge is 0.201 e. The Morgan fingerprint density at radius 3 is 3.00 bits per heavy atom. The van der Waals surface area contributed by atoms with Crippen LogP contribution in [0.4, 0.5) is 10.2 Å². The number of halogens is 1. The second kappa shape index (κ2) is 2.38. The van der Waals surface area contributed by atoms with E-state index in [9.17, 15) is 4.39 Å². The van der Waals surface area contributed by atoms with Crippen LogP contribution in [-0.2, 0) is 0 Å². The van der Waals surface area contributed by atoms with Gasteiger partial charge in [-0.05, 0) is 0 Å². The predicted molar refractivity (Wildman–Crippen MR) is 39.9 cm³/mol. The molecule has 0 amide bonds. The van der Waals surface area contributed by atoms with Crippen molar-refractivity contribution in [1.82, 2.24) is 19.8 Å². The number of hydrogen-bond acceptors (Lipinski definition) is 5. The van der Waals surface area contributed by atoms with E-state index in [4.69, 9.17) is 11.0 Å². The molecule has 0 radical (unpaired) electrons. The highest BCUT2D eigenvalue weighted by Gasteiger charge is 2.15. The van der Waals surface area contributed by atoms with Crippen molar-refractivity contribution in [2.45, 2.75) is 0 Å². The highest BCUT2D eigenvalue weighted by atomic mass is 19.1. The highest BCUT2D eigenvalue weighted by Crippen LogP contribution is 2.15. The van der Waals surface area contributed by atoms with E-state index in [0.717, 1.165) is 11.0 Å². The highest BCUT2D eigenvalue weighted by molar-refractivity contribution is 5.66. The molecule has 0 aliphatic carbocycles. The van der Waals surface area contributed by atoms with Gasteiger partial charge in [0.25, 0.3) is 0 Å². The summed E-state index contributed by atoms with van der Waals surface area (Å²) in [5.74, 6) is -0.831. The summed E-state index contributed by atoms with van der Waals surface area (Å²) in [4.78, 5) is 3.57. The van der Waals surface area contributed by atoms with E-state index in [1.807, 2.05) is 0 Å². The molecule has 0 bridgehead atoms. The average molecular weight is 178 g/mol. The molecule has 64 valence electrons. The molecule has 0 spiro atoms. The SMILES string of the molecule is N#Cc1nn2ncnc(N)c2c1F. The second-order valence-corrected chi connectivity index (χ2v) is 2.26. The lowest BCUT2D eigenvalue weighted by Gasteiger charge is -1.92. The second-order valence-electron chi connectivity index (χ2n) is 2.26. The zero-order chi connectivity index (χ0) is 9.42. The van der Waals surface area contributed by atoms with Gasteiger partial charge < -0.3 is 5.73 Å². The van der Waals surface area contributed by atoms with Crippen LogP contribution in [0.15, 0.2) is 6.33 Å². The van der Waals surface area contributed by atoms with Crippen molar-refractivity contribution in [3.8, 4) is 6.07 Å². The lowest BCUT2D eigenvalue weighted by Crippen LogP contribution is -2.00. The summed E-state index contributed by atoms with van der Waals surface area (Å²) >= 11 is 0. The van der Waals surface area contributed by atoms with Crippen LogP contribution in [0.5, 0.6) is 0 Å². The number of rotatable bonds is 0. The van der Waals surface area contributed by atoms with Gasteiger partial charge in [0, 0.05) is 0 Å². The molecular formula is C6H3FN6. The van der Waals surface area contributed by atoms with Crippen molar-refractivity contribution >= 4 is 11.3 Å². The fraction of sp³-hybridized carbons (Fsp3) is 0. The van der Waals surface area contributed by atoms with Crippen LogP contribution < -0.4 is 5.73 Å². The molecule has 0 aliphatic rings. The fourth-order valence-corrected chi connectivity index (χ4v) is 0.957. The summed E-state index contributed by atoms with van der Waals surface area (Å²) in [5, 5.41) is 15.6. The van der Waals surface area contributed by atoms with Gasteiger partial charge in [-0.2, -0.15) is 5.26 Å². The third-order valence-electron chi connectivity index (χ3n) is 1.52. The number of anilines is 1. The Bertz CT molecular complexity index is 510. The third-order valence-corrected chi connectivity index (χ3v) is 1.52. The van der Waals surface area contributed by atoms with Gasteiger partial charge in [-0.3, -0.25) is 0 Å². The number of hydrogen-bond donors (Lipinski definition) is 1. The number of fused-ring (bicyclic) bond motifs is 1. The summed E-state index contributed by atoms with van der Waals surface area (Å²) in [6.07, 6.45) is 1.13. The third kappa shape index (κ3) is 0.888. The summed E-state index contributed by atoms with van der Waals surface area (Å²) in [6, 6.07) is 1.58. The first-order chi connectivity index (χ1) is 6.24. The predicted octanol–water partition coefficient (Wildman–Crippen LogP) is -0.283. The Balaban J connectivity index is 2.95. The van der Waals surface area contributed by atoms with Crippen LogP contribution in [0.3, 0.4) is 0 Å². The Morgan fingerprint density at radius 2 is 2.38 bits per heavy atom. The molecule has 13 heavy (non-hydrogen) atoms. The maximum Gasteiger partial charge on any atom is 0.201 e. The topological polar surface area (TPSA) is 92.9 Å². The molecular weight excluding hydrogens is 175 g/mol. The van der Waals surface area contributed by atoms with Gasteiger partial charge in [-0.15, -0.1) is 14.8 Å². The van der Waals surface area contributed by atoms with Gasteiger partial charge >= 0.3 is 0 Å². The number of nitrogen functional groups attached to an aromatic ring is 1. The van der Waals surface area contributed by atoms with E-state index in [1.165, 1.54) is 0 Å². The van der Waals surface area contributed by atoms with E-state index in [0.29, 0.717) is 0 Å². The minimum Gasteiger partial charge on any atom is -0.382 e. The van der Waals surface area contributed by atoms with Crippen molar-refractivity contribution in [1.29, 1.82) is 5.26 Å². The molecule has 2 aromatic heterocycles. The lowest BCUT2D eigenvalue weighted by molar-refractivity contribution is 0.634. The van der Waals surface area contributed by atoms with Gasteiger partial charge in [-0.1, -0.05) is 0 Å². The Hall–Kier alpha value is -2.23. The zero-order valence-electron chi connectivity index (χ0n) is 6.27. The van der Waals surface area contributed by atoms with Crippen molar-refractivity contribution in [3.63, 3.8) is 0 Å². The van der Waals surface area contributed by atoms with Crippen molar-refractivity contribution in [2.24, 2.45) is 0 Å². The van der Waals surface area contributed by atoms with Gasteiger partial charge in [-0.25, -0.2) is 9.37 Å². The summed E-state index contributed by atoms with van der Waals surface area (Å²) in [5.41, 5.74) is 4.95. The van der Waals surface area contributed by atoms with Gasteiger partial charge in [0.15, 0.2) is 17.2 Å². The van der Waals surface area contributed by atoms with E-state index < -0.39 is 5.82 Å². The molecule has 0 aromatic carbocycles. The monoisotopic (exact) mass is 178 g/mol. The number of nitrogens with two attached hydrogens (primary N) is 1. The maximum atomic E-state index is 13.2. The van der Waals surface area contributed by atoms with Crippen LogP contribution in [0, 0.1) is 17.1 Å². The van der Waals surface area contributed by atoms with E-state index in [2.05, 4.69) is 15.2 Å². The first-order valence-electron chi connectivity index (χ1n) is 3.29. The van der Waals surface area contributed by atoms with Gasteiger partial charge in [0.1, 0.15) is 12.4 Å². The molecule has 6 nitrogen and oxygen atoms in total. The van der Waals surface area contributed by atoms with Crippen molar-refractivity contribution in [3.05, 3.63) is 17.8 Å². The van der Waals surface area contributed by atoms with Crippen LogP contribution in [0.1, 0.15) is 5.69 Å². The van der Waals surface area contributed by atoms with E-state index in [1.54, 1.807) is 6.07 Å². The first-order valence-corrected chi connectivity index (χ1v) is 3.29. The quantitative estimate of drug-likeness (QED) is 0.598. The molecule has 0 aliphatic heterocycles. The molecule has 2 heterocycles.